The van der Waals surface area contributed by atoms with Crippen LogP contribution in [-0.4, -0.2) is 49.4 Å². The summed E-state index contributed by atoms with van der Waals surface area (Å²) in [4.78, 5) is 40.0. The van der Waals surface area contributed by atoms with Gasteiger partial charge in [0, 0.05) is 18.7 Å². The maximum absolute atomic E-state index is 12.6. The van der Waals surface area contributed by atoms with Crippen molar-refractivity contribution < 1.29 is 23.9 Å². The summed E-state index contributed by atoms with van der Waals surface area (Å²) in [5, 5.41) is 1.86. The molecule has 0 bridgehead atoms. The average Bonchev–Trinajstić information content (AvgIpc) is 3.35. The van der Waals surface area contributed by atoms with Crippen LogP contribution in [0.4, 0.5) is 0 Å². The number of carbonyl (C=O) groups is 3. The minimum Gasteiger partial charge on any atom is -0.493 e. The third-order valence-electron chi connectivity index (χ3n) is 5.00. The molecule has 1 aromatic carbocycles. The van der Waals surface area contributed by atoms with Crippen LogP contribution in [0.25, 0.3) is 0 Å². The Bertz CT molecular complexity index is 916. The van der Waals surface area contributed by atoms with E-state index in [2.05, 4.69) is 10.9 Å². The lowest BCUT2D eigenvalue weighted by Crippen LogP contribution is -2.50. The van der Waals surface area contributed by atoms with Gasteiger partial charge in [-0.1, -0.05) is 13.0 Å². The predicted molar refractivity (Wildman–Crippen MR) is 117 cm³/mol. The maximum Gasteiger partial charge on any atom is 0.269 e. The van der Waals surface area contributed by atoms with Gasteiger partial charge in [0.05, 0.1) is 24.5 Å². The first-order valence-electron chi connectivity index (χ1n) is 10.3. The first-order chi connectivity index (χ1) is 15.0. The summed E-state index contributed by atoms with van der Waals surface area (Å²) < 4.78 is 10.9. The van der Waals surface area contributed by atoms with Crippen LogP contribution in [-0.2, 0) is 4.79 Å². The molecule has 0 saturated carbocycles. The highest BCUT2D eigenvalue weighted by molar-refractivity contribution is 7.12. The van der Waals surface area contributed by atoms with E-state index in [4.69, 9.17) is 9.47 Å². The topological polar surface area (TPSA) is 97.0 Å². The van der Waals surface area contributed by atoms with Crippen molar-refractivity contribution in [1.82, 2.24) is 15.8 Å². The normalized spacial score (nSPS) is 15.8. The van der Waals surface area contributed by atoms with Gasteiger partial charge in [-0.25, -0.2) is 0 Å². The summed E-state index contributed by atoms with van der Waals surface area (Å²) in [6.45, 7) is 3.50. The monoisotopic (exact) mass is 445 g/mol. The molecule has 1 aromatic heterocycles. The molecule has 166 valence electrons. The summed E-state index contributed by atoms with van der Waals surface area (Å²) in [6, 6.07) is 8.45. The van der Waals surface area contributed by atoms with Gasteiger partial charge in [-0.15, -0.1) is 11.3 Å². The number of methoxy groups -OCH3 is 1. The molecule has 1 unspecified atom stereocenters. The van der Waals surface area contributed by atoms with Crippen molar-refractivity contribution in [3.63, 3.8) is 0 Å². The molecule has 1 fully saturated rings. The van der Waals surface area contributed by atoms with Crippen molar-refractivity contribution >= 4 is 29.1 Å². The number of hydrazine groups is 1. The van der Waals surface area contributed by atoms with Crippen LogP contribution in [0.1, 0.15) is 46.2 Å². The Kier molecular flexibility index (Phi) is 7.88. The quantitative estimate of drug-likeness (QED) is 0.639. The fraction of sp³-hybridized carbons (Fsp3) is 0.409. The molecule has 2 N–H and O–H groups in total. The minimum atomic E-state index is -0.462. The van der Waals surface area contributed by atoms with E-state index in [0.29, 0.717) is 48.1 Å². The SMILES string of the molecule is CCCOc1ccc(C(=O)NNC(=O)C2CCCN(C(=O)c3cccs3)C2)cc1OC. The fourth-order valence-corrected chi connectivity index (χ4v) is 4.06. The number of amides is 3. The third-order valence-corrected chi connectivity index (χ3v) is 5.86. The van der Waals surface area contributed by atoms with Crippen LogP contribution < -0.4 is 20.3 Å². The van der Waals surface area contributed by atoms with E-state index in [1.165, 1.54) is 18.4 Å². The highest BCUT2D eigenvalue weighted by Crippen LogP contribution is 2.28. The van der Waals surface area contributed by atoms with Gasteiger partial charge in [-0.2, -0.15) is 0 Å². The second-order valence-electron chi connectivity index (χ2n) is 7.23. The molecule has 1 atom stereocenters. The molecule has 0 aliphatic carbocycles. The first-order valence-corrected chi connectivity index (χ1v) is 11.1. The van der Waals surface area contributed by atoms with Crippen LogP contribution in [0, 0.1) is 5.92 Å². The molecule has 1 aliphatic rings. The molecule has 1 saturated heterocycles. The van der Waals surface area contributed by atoms with E-state index in [0.717, 1.165) is 12.8 Å². The number of piperidine rings is 1. The van der Waals surface area contributed by atoms with Gasteiger partial charge in [0.15, 0.2) is 11.5 Å². The second kappa shape index (κ2) is 10.8. The average molecular weight is 446 g/mol. The Morgan fingerprint density at radius 2 is 2.03 bits per heavy atom. The van der Waals surface area contributed by atoms with Gasteiger partial charge in [-0.3, -0.25) is 25.2 Å². The first kappa shape index (κ1) is 22.6. The molecular weight excluding hydrogens is 418 g/mol. The maximum atomic E-state index is 12.6. The number of ether oxygens (including phenoxy) is 2. The third kappa shape index (κ3) is 5.75. The van der Waals surface area contributed by atoms with E-state index in [-0.39, 0.29) is 17.7 Å². The Balaban J connectivity index is 1.55. The number of likely N-dealkylation sites (tertiary alicyclic amines) is 1. The number of benzene rings is 1. The summed E-state index contributed by atoms with van der Waals surface area (Å²) in [5.41, 5.74) is 5.26. The van der Waals surface area contributed by atoms with Gasteiger partial charge in [0.1, 0.15) is 0 Å². The summed E-state index contributed by atoms with van der Waals surface area (Å²) in [6.07, 6.45) is 2.25. The van der Waals surface area contributed by atoms with Crippen LogP contribution in [0.2, 0.25) is 0 Å². The van der Waals surface area contributed by atoms with Crippen molar-refractivity contribution in [2.75, 3.05) is 26.8 Å². The van der Waals surface area contributed by atoms with Gasteiger partial charge in [-0.05, 0) is 48.9 Å². The van der Waals surface area contributed by atoms with Gasteiger partial charge < -0.3 is 14.4 Å². The second-order valence-corrected chi connectivity index (χ2v) is 8.17. The molecule has 2 heterocycles. The van der Waals surface area contributed by atoms with E-state index >= 15 is 0 Å². The molecule has 2 aromatic rings. The van der Waals surface area contributed by atoms with E-state index in [9.17, 15) is 14.4 Å². The molecule has 31 heavy (non-hydrogen) atoms. The van der Waals surface area contributed by atoms with Crippen LogP contribution in [0.3, 0.4) is 0 Å². The Morgan fingerprint density at radius 1 is 1.19 bits per heavy atom. The molecular formula is C22H27N3O5S. The number of hydrogen-bond donors (Lipinski definition) is 2. The minimum absolute atomic E-state index is 0.0611. The Labute approximate surface area is 185 Å². The Morgan fingerprint density at radius 3 is 2.74 bits per heavy atom. The number of hydrogen-bond acceptors (Lipinski definition) is 6. The van der Waals surface area contributed by atoms with Gasteiger partial charge in [0.25, 0.3) is 11.8 Å². The van der Waals surface area contributed by atoms with Crippen molar-refractivity contribution in [1.29, 1.82) is 0 Å². The summed E-state index contributed by atoms with van der Waals surface area (Å²) in [5.74, 6) is -0.209. The zero-order valence-corrected chi connectivity index (χ0v) is 18.5. The molecule has 8 nitrogen and oxygen atoms in total. The Hall–Kier alpha value is -3.07. The number of rotatable bonds is 7. The van der Waals surface area contributed by atoms with Crippen molar-refractivity contribution in [3.05, 3.63) is 46.2 Å². The lowest BCUT2D eigenvalue weighted by molar-refractivity contribution is -0.127. The summed E-state index contributed by atoms with van der Waals surface area (Å²) in [7, 11) is 1.50. The van der Waals surface area contributed by atoms with Crippen molar-refractivity contribution in [2.45, 2.75) is 26.2 Å². The smallest absolute Gasteiger partial charge is 0.269 e. The van der Waals surface area contributed by atoms with Crippen LogP contribution in [0.15, 0.2) is 35.7 Å². The molecule has 9 heteroatoms. The number of nitrogens with zero attached hydrogens (tertiary/aromatic N) is 1. The summed E-state index contributed by atoms with van der Waals surface area (Å²) >= 11 is 1.39. The standard InChI is InChI=1S/C22H27N3O5S/c1-3-11-30-17-9-8-15(13-18(17)29-2)20(26)23-24-21(27)16-6-4-10-25(14-16)22(28)19-7-5-12-31-19/h5,7-9,12-13,16H,3-4,6,10-11,14H2,1-2H3,(H,23,26)(H,24,27). The highest BCUT2D eigenvalue weighted by atomic mass is 32.1. The van der Waals surface area contributed by atoms with E-state index in [1.807, 2.05) is 18.4 Å². The van der Waals surface area contributed by atoms with E-state index in [1.54, 1.807) is 29.2 Å². The largest absolute Gasteiger partial charge is 0.493 e. The zero-order valence-electron chi connectivity index (χ0n) is 17.7. The number of thiophene rings is 1. The number of nitrogens with one attached hydrogen (secondary N) is 2. The van der Waals surface area contributed by atoms with Gasteiger partial charge >= 0.3 is 0 Å². The van der Waals surface area contributed by atoms with Crippen LogP contribution >= 0.6 is 11.3 Å². The van der Waals surface area contributed by atoms with Crippen molar-refractivity contribution in [2.24, 2.45) is 5.92 Å². The number of carbonyl (C=O) groups excluding carboxylic acids is 3. The molecule has 0 spiro atoms. The molecule has 0 radical (unpaired) electrons. The fourth-order valence-electron chi connectivity index (χ4n) is 3.36. The van der Waals surface area contributed by atoms with Gasteiger partial charge in [0.2, 0.25) is 5.91 Å². The molecule has 1 aliphatic heterocycles. The highest BCUT2D eigenvalue weighted by Gasteiger charge is 2.29. The van der Waals surface area contributed by atoms with Crippen LogP contribution in [0.5, 0.6) is 11.5 Å². The lowest BCUT2D eigenvalue weighted by atomic mass is 9.97. The lowest BCUT2D eigenvalue weighted by Gasteiger charge is -2.31. The molecule has 3 rings (SSSR count). The molecule has 3 amide bonds. The van der Waals surface area contributed by atoms with E-state index < -0.39 is 5.91 Å². The predicted octanol–water partition coefficient (Wildman–Crippen LogP) is 2.86. The van der Waals surface area contributed by atoms with Crippen molar-refractivity contribution in [3.8, 4) is 11.5 Å². The zero-order chi connectivity index (χ0) is 22.2.